The van der Waals surface area contributed by atoms with E-state index in [1.807, 2.05) is 17.6 Å². The van der Waals surface area contributed by atoms with E-state index in [4.69, 9.17) is 0 Å². The Morgan fingerprint density at radius 3 is 2.77 bits per heavy atom. The summed E-state index contributed by atoms with van der Waals surface area (Å²) in [5.74, 6) is 0.386. The average Bonchev–Trinajstić information content (AvgIpc) is 3.07. The molecule has 22 heavy (non-hydrogen) atoms. The number of aliphatic hydroxyl groups is 1. The molecule has 2 aromatic rings. The van der Waals surface area contributed by atoms with E-state index in [1.54, 1.807) is 11.3 Å². The molecule has 1 N–H and O–H groups in total. The minimum absolute atomic E-state index is 0.318. The minimum Gasteiger partial charge on any atom is -0.388 e. The molecule has 0 radical (unpaired) electrons. The normalized spacial score (nSPS) is 18.5. The Kier molecular flexibility index (Phi) is 5.24. The van der Waals surface area contributed by atoms with Crippen molar-refractivity contribution in [3.8, 4) is 0 Å². The van der Waals surface area contributed by atoms with Crippen LogP contribution >= 0.6 is 11.3 Å². The van der Waals surface area contributed by atoms with Crippen molar-refractivity contribution in [1.29, 1.82) is 0 Å². The van der Waals surface area contributed by atoms with Crippen molar-refractivity contribution < 1.29 is 5.11 Å². The number of aryl methyl sites for hydroxylation is 1. The number of rotatable bonds is 5. The molecule has 1 aromatic heterocycles. The van der Waals surface area contributed by atoms with Crippen molar-refractivity contribution in [3.63, 3.8) is 0 Å². The molecule has 4 heteroatoms. The first kappa shape index (κ1) is 15.7. The van der Waals surface area contributed by atoms with E-state index >= 15 is 0 Å². The summed E-state index contributed by atoms with van der Waals surface area (Å²) in [4.78, 5) is 6.85. The molecule has 1 fully saturated rings. The predicted molar refractivity (Wildman–Crippen MR) is 91.1 cm³/mol. The van der Waals surface area contributed by atoms with E-state index in [2.05, 4.69) is 34.3 Å². The first-order valence-electron chi connectivity index (χ1n) is 8.07. The summed E-state index contributed by atoms with van der Waals surface area (Å²) in [7, 11) is 0. The van der Waals surface area contributed by atoms with Gasteiger partial charge in [0.2, 0.25) is 0 Å². The summed E-state index contributed by atoms with van der Waals surface area (Å²) in [6, 6.07) is 8.21. The second-order valence-electron chi connectivity index (χ2n) is 6.21. The van der Waals surface area contributed by atoms with E-state index < -0.39 is 0 Å². The lowest BCUT2D eigenvalue weighted by atomic mass is 9.86. The molecular formula is C18H24N2OS. The molecule has 0 bridgehead atoms. The third-order valence-corrected chi connectivity index (χ3v) is 5.39. The van der Waals surface area contributed by atoms with Crippen molar-refractivity contribution in [2.24, 2.45) is 5.92 Å². The lowest BCUT2D eigenvalue weighted by Crippen LogP contribution is -2.37. The Balaban J connectivity index is 1.50. The third kappa shape index (κ3) is 3.75. The summed E-state index contributed by atoms with van der Waals surface area (Å²) in [5.41, 5.74) is 5.40. The fourth-order valence-electron chi connectivity index (χ4n) is 3.30. The Bertz CT molecular complexity index is 577. The number of thiazole rings is 1. The molecule has 2 heterocycles. The Morgan fingerprint density at radius 2 is 2.09 bits per heavy atom. The number of aliphatic hydroxyl groups excluding tert-OH is 1. The molecule has 0 spiro atoms. The van der Waals surface area contributed by atoms with Gasteiger partial charge in [-0.25, -0.2) is 4.98 Å². The zero-order chi connectivity index (χ0) is 15.4. The van der Waals surface area contributed by atoms with Gasteiger partial charge in [-0.2, -0.15) is 0 Å². The summed E-state index contributed by atoms with van der Waals surface area (Å²) < 4.78 is 0. The van der Waals surface area contributed by atoms with Crippen molar-refractivity contribution in [2.75, 3.05) is 19.6 Å². The van der Waals surface area contributed by atoms with E-state index in [9.17, 15) is 5.11 Å². The highest BCUT2D eigenvalue weighted by molar-refractivity contribution is 7.07. The second-order valence-corrected chi connectivity index (χ2v) is 6.93. The van der Waals surface area contributed by atoms with Crippen LogP contribution < -0.4 is 0 Å². The molecule has 0 saturated carbocycles. The van der Waals surface area contributed by atoms with E-state index in [1.165, 1.54) is 11.3 Å². The number of likely N-dealkylation sites (tertiary alicyclic amines) is 1. The molecular weight excluding hydrogens is 292 g/mol. The summed E-state index contributed by atoms with van der Waals surface area (Å²) >= 11 is 1.67. The van der Waals surface area contributed by atoms with Crippen LogP contribution in [0.4, 0.5) is 0 Å². The Morgan fingerprint density at radius 1 is 1.32 bits per heavy atom. The number of hydrogen-bond acceptors (Lipinski definition) is 4. The fourth-order valence-corrected chi connectivity index (χ4v) is 3.89. The maximum absolute atomic E-state index is 10.7. The molecule has 0 unspecified atom stereocenters. The highest BCUT2D eigenvalue weighted by Gasteiger charge is 2.26. The van der Waals surface area contributed by atoms with Gasteiger partial charge in [0.15, 0.2) is 0 Å². The smallest absolute Gasteiger partial charge is 0.0821 e. The lowest BCUT2D eigenvalue weighted by Gasteiger charge is -2.34. The molecule has 1 aliphatic heterocycles. The highest BCUT2D eigenvalue weighted by Crippen LogP contribution is 2.32. The van der Waals surface area contributed by atoms with Crippen molar-refractivity contribution in [1.82, 2.24) is 9.88 Å². The fraction of sp³-hybridized carbons (Fsp3) is 0.500. The lowest BCUT2D eigenvalue weighted by molar-refractivity contribution is 0.0587. The van der Waals surface area contributed by atoms with Crippen LogP contribution in [-0.4, -0.2) is 34.6 Å². The maximum atomic E-state index is 10.7. The quantitative estimate of drug-likeness (QED) is 0.918. The van der Waals surface area contributed by atoms with Crippen molar-refractivity contribution >= 4 is 11.3 Å². The molecule has 1 saturated heterocycles. The zero-order valence-corrected chi connectivity index (χ0v) is 13.9. The van der Waals surface area contributed by atoms with Crippen LogP contribution in [0, 0.1) is 12.8 Å². The van der Waals surface area contributed by atoms with Gasteiger partial charge in [-0.15, -0.1) is 11.3 Å². The summed E-state index contributed by atoms with van der Waals surface area (Å²) in [5, 5.41) is 12.8. The number of hydrogen-bond donors (Lipinski definition) is 1. The largest absolute Gasteiger partial charge is 0.388 e. The van der Waals surface area contributed by atoms with Crippen LogP contribution in [-0.2, 0) is 6.42 Å². The van der Waals surface area contributed by atoms with Crippen LogP contribution in [0.15, 0.2) is 35.2 Å². The maximum Gasteiger partial charge on any atom is 0.0821 e. The molecule has 0 amide bonds. The van der Waals surface area contributed by atoms with Crippen LogP contribution in [0.5, 0.6) is 0 Å². The van der Waals surface area contributed by atoms with Gasteiger partial charge in [-0.05, 0) is 49.9 Å². The van der Waals surface area contributed by atoms with Gasteiger partial charge in [0, 0.05) is 18.3 Å². The predicted octanol–water partition coefficient (Wildman–Crippen LogP) is 3.44. The number of aromatic nitrogens is 1. The molecule has 3 nitrogen and oxygen atoms in total. The SMILES string of the molecule is Cc1ccccc1[C@@H](O)C1CCN(CCc2cscn2)CC1. The minimum atomic E-state index is -0.318. The molecule has 1 aliphatic rings. The Labute approximate surface area is 136 Å². The number of piperidine rings is 1. The highest BCUT2D eigenvalue weighted by atomic mass is 32.1. The molecule has 3 rings (SSSR count). The van der Waals surface area contributed by atoms with Crippen molar-refractivity contribution in [3.05, 3.63) is 52.0 Å². The van der Waals surface area contributed by atoms with Gasteiger partial charge in [0.25, 0.3) is 0 Å². The first-order chi connectivity index (χ1) is 10.7. The van der Waals surface area contributed by atoms with E-state index in [-0.39, 0.29) is 6.10 Å². The molecule has 118 valence electrons. The van der Waals surface area contributed by atoms with Crippen LogP contribution in [0.1, 0.15) is 35.8 Å². The third-order valence-electron chi connectivity index (χ3n) is 4.75. The van der Waals surface area contributed by atoms with Crippen LogP contribution in [0.2, 0.25) is 0 Å². The van der Waals surface area contributed by atoms with Gasteiger partial charge in [-0.3, -0.25) is 0 Å². The monoisotopic (exact) mass is 316 g/mol. The van der Waals surface area contributed by atoms with Gasteiger partial charge < -0.3 is 10.0 Å². The standard InChI is InChI=1S/C18H24N2OS/c1-14-4-2-3-5-17(14)18(21)15-6-9-20(10-7-15)11-8-16-12-22-13-19-16/h2-5,12-13,15,18,21H,6-11H2,1H3/t18-/m0/s1. The van der Waals surface area contributed by atoms with Gasteiger partial charge in [0.1, 0.15) is 0 Å². The molecule has 0 aliphatic carbocycles. The average molecular weight is 316 g/mol. The van der Waals surface area contributed by atoms with Gasteiger partial charge in [-0.1, -0.05) is 24.3 Å². The Hall–Kier alpha value is -1.23. The van der Waals surface area contributed by atoms with Gasteiger partial charge >= 0.3 is 0 Å². The summed E-state index contributed by atoms with van der Waals surface area (Å²) in [6.45, 7) is 5.33. The van der Waals surface area contributed by atoms with E-state index in [0.29, 0.717) is 5.92 Å². The van der Waals surface area contributed by atoms with Crippen LogP contribution in [0.3, 0.4) is 0 Å². The first-order valence-corrected chi connectivity index (χ1v) is 9.01. The zero-order valence-electron chi connectivity index (χ0n) is 13.1. The van der Waals surface area contributed by atoms with E-state index in [0.717, 1.165) is 44.5 Å². The van der Waals surface area contributed by atoms with Gasteiger partial charge in [0.05, 0.1) is 17.3 Å². The van der Waals surface area contributed by atoms with Crippen LogP contribution in [0.25, 0.3) is 0 Å². The topological polar surface area (TPSA) is 36.4 Å². The molecule has 1 atom stereocenters. The second kappa shape index (κ2) is 7.36. The number of nitrogens with zero attached hydrogens (tertiary/aromatic N) is 2. The summed E-state index contributed by atoms with van der Waals surface area (Å²) in [6.07, 6.45) is 2.87. The number of benzene rings is 1. The molecule has 1 aromatic carbocycles. The van der Waals surface area contributed by atoms with Crippen molar-refractivity contribution in [2.45, 2.75) is 32.3 Å².